The lowest BCUT2D eigenvalue weighted by atomic mass is 9.88. The predicted molar refractivity (Wildman–Crippen MR) is 276 cm³/mol. The number of allylic oxidation sites excluding steroid dienone is 9. The summed E-state index contributed by atoms with van der Waals surface area (Å²) in [5.74, 6) is 1.95. The van der Waals surface area contributed by atoms with Gasteiger partial charge in [0.25, 0.3) is 0 Å². The summed E-state index contributed by atoms with van der Waals surface area (Å²) in [7, 11) is 0. The van der Waals surface area contributed by atoms with Gasteiger partial charge in [-0.3, -0.25) is 0 Å². The molecule has 0 spiro atoms. The molecule has 2 aliphatic rings. The van der Waals surface area contributed by atoms with E-state index in [1.165, 1.54) is 107 Å². The Hall–Kier alpha value is -3.71. The molecule has 1 fully saturated rings. The van der Waals surface area contributed by atoms with Crippen LogP contribution >= 0.6 is 0 Å². The second-order valence-electron chi connectivity index (χ2n) is 19.0. The van der Waals surface area contributed by atoms with Crippen molar-refractivity contribution in [1.29, 1.82) is 0 Å². The van der Waals surface area contributed by atoms with Crippen LogP contribution in [0, 0.1) is 23.7 Å². The molecule has 5 unspecified atom stereocenters. The molecule has 0 aromatic carbocycles. The minimum absolute atomic E-state index is 0.221. The van der Waals surface area contributed by atoms with E-state index in [2.05, 4.69) is 105 Å². The third kappa shape index (κ3) is 33.4. The van der Waals surface area contributed by atoms with E-state index in [-0.39, 0.29) is 24.0 Å². The molecule has 0 aromatic heterocycles. The maximum Gasteiger partial charge on any atom is 0.333 e. The average molecular weight is 905 g/mol. The number of ether oxygens (including phenoxy) is 4. The fourth-order valence-corrected chi connectivity index (χ4v) is 8.00. The molecular weight excluding hydrogens is 809 g/mol. The molecule has 0 heterocycles. The van der Waals surface area contributed by atoms with Gasteiger partial charge < -0.3 is 18.9 Å². The van der Waals surface area contributed by atoms with E-state index in [0.717, 1.165) is 50.4 Å². The van der Waals surface area contributed by atoms with E-state index >= 15 is 0 Å². The topological polar surface area (TPSA) is 88.1 Å². The first-order valence-electron chi connectivity index (χ1n) is 25.4. The summed E-state index contributed by atoms with van der Waals surface area (Å²) in [5, 5.41) is 0. The Bertz CT molecular complexity index is 1520. The second kappa shape index (κ2) is 39.5. The van der Waals surface area contributed by atoms with Crippen molar-refractivity contribution in [3.63, 3.8) is 0 Å². The largest absolute Gasteiger partial charge is 0.462 e. The number of carbonyl (C=O) groups excluding carboxylic acids is 3. The van der Waals surface area contributed by atoms with Crippen LogP contribution in [-0.2, 0) is 33.3 Å². The van der Waals surface area contributed by atoms with Crippen LogP contribution in [0.2, 0.25) is 0 Å². The van der Waals surface area contributed by atoms with E-state index in [4.69, 9.17) is 18.9 Å². The molecule has 370 valence electrons. The third-order valence-electron chi connectivity index (χ3n) is 12.1. The summed E-state index contributed by atoms with van der Waals surface area (Å²) in [5.41, 5.74) is 5.43. The monoisotopic (exact) mass is 905 g/mol. The molecule has 0 radical (unpaired) electrons. The zero-order chi connectivity index (χ0) is 48.8. The fourth-order valence-electron chi connectivity index (χ4n) is 8.00. The molecule has 1 saturated carbocycles. The zero-order valence-electron chi connectivity index (χ0n) is 43.4. The van der Waals surface area contributed by atoms with Crippen LogP contribution in [0.25, 0.3) is 0 Å². The molecule has 0 amide bonds. The summed E-state index contributed by atoms with van der Waals surface area (Å²) in [4.78, 5) is 33.6. The summed E-state index contributed by atoms with van der Waals surface area (Å²) in [6.07, 6.45) is 41.0. The lowest BCUT2D eigenvalue weighted by molar-refractivity contribution is -0.141. The number of rotatable bonds is 32. The zero-order valence-corrected chi connectivity index (χ0v) is 43.4. The van der Waals surface area contributed by atoms with Crippen molar-refractivity contribution in [3.8, 4) is 0 Å². The molecule has 0 N–H and O–H groups in total. The first-order chi connectivity index (χ1) is 31.0. The van der Waals surface area contributed by atoms with Gasteiger partial charge in [-0.2, -0.15) is 0 Å². The lowest BCUT2D eigenvalue weighted by Gasteiger charge is -2.24. The number of esters is 3. The molecule has 0 bridgehead atoms. The molecule has 7 heteroatoms. The van der Waals surface area contributed by atoms with Gasteiger partial charge >= 0.3 is 17.9 Å². The number of carbonyl (C=O) groups is 3. The normalized spacial score (nSPS) is 18.1. The van der Waals surface area contributed by atoms with Gasteiger partial charge in [-0.1, -0.05) is 145 Å². The number of fused-ring (bicyclic) bond motifs is 1. The Morgan fingerprint density at radius 2 is 1.11 bits per heavy atom. The van der Waals surface area contributed by atoms with Crippen molar-refractivity contribution in [2.75, 3.05) is 26.4 Å². The summed E-state index contributed by atoms with van der Waals surface area (Å²) < 4.78 is 21.0. The van der Waals surface area contributed by atoms with Gasteiger partial charge in [0.05, 0.1) is 19.3 Å². The predicted octanol–water partition coefficient (Wildman–Crippen LogP) is 16.0. The van der Waals surface area contributed by atoms with Crippen molar-refractivity contribution < 1.29 is 33.3 Å². The third-order valence-corrected chi connectivity index (χ3v) is 12.1. The van der Waals surface area contributed by atoms with Gasteiger partial charge in [0.1, 0.15) is 13.2 Å². The average Bonchev–Trinajstić information content (AvgIpc) is 3.87. The van der Waals surface area contributed by atoms with Gasteiger partial charge in [0, 0.05) is 16.7 Å². The van der Waals surface area contributed by atoms with Gasteiger partial charge in [0.2, 0.25) is 0 Å². The van der Waals surface area contributed by atoms with E-state index in [1.807, 2.05) is 6.08 Å². The van der Waals surface area contributed by atoms with E-state index in [9.17, 15) is 14.4 Å². The molecule has 5 atom stereocenters. The fraction of sp³-hybridized carbons (Fsp3) is 0.672. The Morgan fingerprint density at radius 1 is 0.615 bits per heavy atom. The first kappa shape index (κ1) is 61.3. The van der Waals surface area contributed by atoms with Crippen LogP contribution in [0.15, 0.2) is 95.7 Å². The molecule has 7 nitrogen and oxygen atoms in total. The number of unbranched alkanes of at least 4 members (excludes halogenated alkanes) is 12. The van der Waals surface area contributed by atoms with Crippen molar-refractivity contribution in [3.05, 3.63) is 95.7 Å². The van der Waals surface area contributed by atoms with Crippen LogP contribution < -0.4 is 0 Å². The number of hydrogen-bond donors (Lipinski definition) is 0. The van der Waals surface area contributed by atoms with Gasteiger partial charge in [0.15, 0.2) is 0 Å². The second-order valence-corrected chi connectivity index (χ2v) is 19.0. The molecule has 65 heavy (non-hydrogen) atoms. The minimum atomic E-state index is -0.338. The molecule has 0 aromatic rings. The molecule has 2 rings (SSSR count). The van der Waals surface area contributed by atoms with E-state index in [1.54, 1.807) is 20.8 Å². The van der Waals surface area contributed by atoms with Crippen LogP contribution in [0.3, 0.4) is 0 Å². The van der Waals surface area contributed by atoms with Crippen molar-refractivity contribution >= 4 is 17.9 Å². The van der Waals surface area contributed by atoms with Gasteiger partial charge in [-0.05, 0) is 156 Å². The maximum absolute atomic E-state index is 11.2. The quantitative estimate of drug-likeness (QED) is 0.0218. The summed E-state index contributed by atoms with van der Waals surface area (Å²) in [6.45, 7) is 32.6. The van der Waals surface area contributed by atoms with Crippen LogP contribution in [0.4, 0.5) is 0 Å². The molecule has 2 aliphatic carbocycles. The summed E-state index contributed by atoms with van der Waals surface area (Å²) in [6, 6.07) is 0. The molecule has 0 saturated heterocycles. The minimum Gasteiger partial charge on any atom is -0.462 e. The number of hydrogen-bond acceptors (Lipinski definition) is 7. The van der Waals surface area contributed by atoms with Crippen LogP contribution in [0.5, 0.6) is 0 Å². The summed E-state index contributed by atoms with van der Waals surface area (Å²) >= 11 is 0. The van der Waals surface area contributed by atoms with Crippen molar-refractivity contribution in [2.45, 2.75) is 204 Å². The first-order valence-corrected chi connectivity index (χ1v) is 25.4. The van der Waals surface area contributed by atoms with Crippen LogP contribution in [0.1, 0.15) is 198 Å². The Balaban J connectivity index is 0.000000949. The van der Waals surface area contributed by atoms with E-state index < -0.39 is 0 Å². The molecule has 0 aliphatic heterocycles. The lowest BCUT2D eigenvalue weighted by Crippen LogP contribution is -2.26. The Kier molecular flexibility index (Phi) is 37.2. The smallest absolute Gasteiger partial charge is 0.333 e. The SMILES string of the molecule is C=C(C)C(=O)OC/C=C(\C)CC/C=C(\C)CCC=C(C)C.C=C(C)C(=O)OCCCCCCCC/C=C\CCCCCCCC.C=C(C)C(=O)OCCOC(C)C1CC(C)C2CC=CC21. The highest BCUT2D eigenvalue weighted by molar-refractivity contribution is 5.87. The van der Waals surface area contributed by atoms with E-state index in [0.29, 0.717) is 55.0 Å². The van der Waals surface area contributed by atoms with Gasteiger partial charge in [-0.25, -0.2) is 14.4 Å². The van der Waals surface area contributed by atoms with Crippen molar-refractivity contribution in [2.24, 2.45) is 23.7 Å². The van der Waals surface area contributed by atoms with Crippen LogP contribution in [-0.4, -0.2) is 50.4 Å². The highest BCUT2D eigenvalue weighted by atomic mass is 16.6. The molecular formula is C58H96O7. The maximum atomic E-state index is 11.2. The highest BCUT2D eigenvalue weighted by Gasteiger charge is 2.43. The Labute approximate surface area is 399 Å². The Morgan fingerprint density at radius 3 is 1.66 bits per heavy atom. The standard InChI is InChI=1S/C22H40O2.C19H30O2.C17H26O3/c1-4-5-6-7-8-9-10-11-12-13-14-15-16-17-18-19-20-24-22(23)21(2)3;1-15(2)9-7-10-17(5)11-8-12-18(6)13-14-21-19(20)16(3)4;1-11(2)17(18)20-9-8-19-13(4)16-10-12(3)14-6-5-7-15(14)16/h11-12H,2,4-10,13-20H2,1,3H3;9,11,13H,3,7-8,10,12,14H2,1-2,4-6H3;5,7,12-16H,1,6,8-10H2,2-4H3/b12-11-;17-11+,18-13+;. The van der Waals surface area contributed by atoms with Gasteiger partial charge in [-0.15, -0.1) is 0 Å². The highest BCUT2D eigenvalue weighted by Crippen LogP contribution is 2.49. The van der Waals surface area contributed by atoms with Crippen molar-refractivity contribution in [1.82, 2.24) is 0 Å².